The summed E-state index contributed by atoms with van der Waals surface area (Å²) in [5, 5.41) is 0.886. The third-order valence-corrected chi connectivity index (χ3v) is 5.24. The highest BCUT2D eigenvalue weighted by molar-refractivity contribution is 7.71. The molecule has 2 aromatic heterocycles. The molecule has 0 amide bonds. The van der Waals surface area contributed by atoms with Crippen molar-refractivity contribution in [1.82, 2.24) is 9.55 Å². The second-order valence-corrected chi connectivity index (χ2v) is 6.53. The van der Waals surface area contributed by atoms with Gasteiger partial charge in [0.1, 0.15) is 4.83 Å². The highest BCUT2D eigenvalue weighted by Crippen LogP contribution is 2.35. The van der Waals surface area contributed by atoms with Gasteiger partial charge in [-0.05, 0) is 49.9 Å². The number of nitrogens with one attached hydrogen (secondary N) is 1. The van der Waals surface area contributed by atoms with Crippen LogP contribution in [0.5, 0.6) is 0 Å². The first-order chi connectivity index (χ1) is 8.61. The first-order valence-corrected chi connectivity index (χ1v) is 7.61. The molecule has 0 saturated heterocycles. The van der Waals surface area contributed by atoms with E-state index in [2.05, 4.69) is 11.9 Å². The molecule has 0 radical (unpaired) electrons. The van der Waals surface area contributed by atoms with Gasteiger partial charge in [-0.2, -0.15) is 0 Å². The molecule has 5 heteroatoms. The molecule has 0 saturated carbocycles. The van der Waals surface area contributed by atoms with E-state index < -0.39 is 0 Å². The number of fused-ring (bicyclic) bond motifs is 3. The van der Waals surface area contributed by atoms with Crippen LogP contribution >= 0.6 is 23.6 Å². The van der Waals surface area contributed by atoms with Gasteiger partial charge in [-0.1, -0.05) is 6.92 Å². The second kappa shape index (κ2) is 4.31. The molecule has 18 heavy (non-hydrogen) atoms. The van der Waals surface area contributed by atoms with Crippen LogP contribution in [0.15, 0.2) is 4.79 Å². The van der Waals surface area contributed by atoms with E-state index >= 15 is 0 Å². The number of hydrogen-bond acceptors (Lipinski definition) is 3. The van der Waals surface area contributed by atoms with Gasteiger partial charge in [0.15, 0.2) is 4.77 Å². The largest absolute Gasteiger partial charge is 0.323 e. The Labute approximate surface area is 114 Å². The number of aromatic nitrogens is 2. The summed E-state index contributed by atoms with van der Waals surface area (Å²) in [7, 11) is 0. The highest BCUT2D eigenvalue weighted by atomic mass is 32.1. The van der Waals surface area contributed by atoms with Crippen molar-refractivity contribution >= 4 is 33.8 Å². The first-order valence-electron chi connectivity index (χ1n) is 6.39. The molecule has 1 N–H and O–H groups in total. The number of thiophene rings is 1. The van der Waals surface area contributed by atoms with Crippen LogP contribution in [0.4, 0.5) is 0 Å². The van der Waals surface area contributed by atoms with Crippen molar-refractivity contribution in [1.29, 1.82) is 0 Å². The number of nitrogens with zero attached hydrogens (tertiary/aromatic N) is 1. The number of hydrogen-bond donors (Lipinski definition) is 1. The molecule has 96 valence electrons. The third-order valence-electron chi connectivity index (χ3n) is 3.75. The summed E-state index contributed by atoms with van der Waals surface area (Å²) in [6.07, 6.45) is 3.31. The number of aryl methyl sites for hydroxylation is 1. The molecular formula is C13H16N2OS2. The Morgan fingerprint density at radius 2 is 2.33 bits per heavy atom. The van der Waals surface area contributed by atoms with Crippen molar-refractivity contribution in [3.05, 3.63) is 25.6 Å². The van der Waals surface area contributed by atoms with Crippen molar-refractivity contribution in [2.45, 2.75) is 39.7 Å². The lowest BCUT2D eigenvalue weighted by Gasteiger charge is -2.17. The predicted molar refractivity (Wildman–Crippen MR) is 78.1 cm³/mol. The summed E-state index contributed by atoms with van der Waals surface area (Å²) in [5.74, 6) is 0.724. The van der Waals surface area contributed by atoms with Crippen LogP contribution < -0.4 is 5.56 Å². The molecule has 0 aliphatic heterocycles. The molecule has 1 aliphatic carbocycles. The van der Waals surface area contributed by atoms with E-state index in [1.54, 1.807) is 15.9 Å². The molecular weight excluding hydrogens is 264 g/mol. The fourth-order valence-corrected chi connectivity index (χ4v) is 4.52. The van der Waals surface area contributed by atoms with Crippen molar-refractivity contribution < 1.29 is 0 Å². The van der Waals surface area contributed by atoms with Gasteiger partial charge in [0, 0.05) is 11.4 Å². The average molecular weight is 280 g/mol. The van der Waals surface area contributed by atoms with Gasteiger partial charge in [-0.3, -0.25) is 9.36 Å². The average Bonchev–Trinajstić information content (AvgIpc) is 2.66. The third kappa shape index (κ3) is 1.68. The summed E-state index contributed by atoms with van der Waals surface area (Å²) in [5.41, 5.74) is 1.36. The van der Waals surface area contributed by atoms with Gasteiger partial charge in [-0.25, -0.2) is 0 Å². The Morgan fingerprint density at radius 3 is 3.06 bits per heavy atom. The van der Waals surface area contributed by atoms with E-state index in [0.717, 1.165) is 29.0 Å². The molecule has 0 unspecified atom stereocenters. The number of aromatic amines is 1. The van der Waals surface area contributed by atoms with E-state index in [4.69, 9.17) is 12.2 Å². The van der Waals surface area contributed by atoms with Crippen LogP contribution in [-0.2, 0) is 19.4 Å². The maximum Gasteiger partial charge on any atom is 0.263 e. The summed E-state index contributed by atoms with van der Waals surface area (Å²) in [6.45, 7) is 4.86. The molecule has 1 aliphatic rings. The zero-order chi connectivity index (χ0) is 12.9. The lowest BCUT2D eigenvalue weighted by Crippen LogP contribution is -2.22. The fourth-order valence-electron chi connectivity index (χ4n) is 2.74. The molecule has 0 aromatic carbocycles. The monoisotopic (exact) mass is 280 g/mol. The minimum atomic E-state index is 0.0864. The van der Waals surface area contributed by atoms with Crippen molar-refractivity contribution in [3.8, 4) is 0 Å². The van der Waals surface area contributed by atoms with Gasteiger partial charge in [0.25, 0.3) is 5.56 Å². The topological polar surface area (TPSA) is 37.8 Å². The maximum atomic E-state index is 12.5. The SMILES string of the molecule is CCn1c(=S)[nH]c2sc3c(c2c1=O)CC[C@H](C)C3. The quantitative estimate of drug-likeness (QED) is 0.814. The lowest BCUT2D eigenvalue weighted by molar-refractivity contribution is 0.509. The van der Waals surface area contributed by atoms with E-state index in [0.29, 0.717) is 11.3 Å². The van der Waals surface area contributed by atoms with Crippen LogP contribution in [0.2, 0.25) is 0 Å². The van der Waals surface area contributed by atoms with Crippen molar-refractivity contribution in [2.75, 3.05) is 0 Å². The van der Waals surface area contributed by atoms with Gasteiger partial charge in [0.2, 0.25) is 0 Å². The van der Waals surface area contributed by atoms with Crippen LogP contribution in [0, 0.1) is 10.7 Å². The molecule has 0 bridgehead atoms. The minimum absolute atomic E-state index is 0.0864. The standard InChI is InChI=1S/C13H16N2OS2/c1-3-15-12(16)10-8-5-4-7(2)6-9(8)18-11(10)14-13(15)17/h7H,3-6H2,1-2H3,(H,14,17)/t7-/m0/s1. The van der Waals surface area contributed by atoms with Crippen LogP contribution in [0.3, 0.4) is 0 Å². The van der Waals surface area contributed by atoms with Crippen LogP contribution in [0.25, 0.3) is 10.2 Å². The van der Waals surface area contributed by atoms with Crippen molar-refractivity contribution in [3.63, 3.8) is 0 Å². The molecule has 2 aromatic rings. The Kier molecular flexibility index (Phi) is 2.90. The summed E-state index contributed by atoms with van der Waals surface area (Å²) in [6, 6.07) is 0. The number of H-pyrrole nitrogens is 1. The predicted octanol–water partition coefficient (Wildman–Crippen LogP) is 3.27. The second-order valence-electron chi connectivity index (χ2n) is 5.04. The van der Waals surface area contributed by atoms with Gasteiger partial charge in [0.05, 0.1) is 5.39 Å². The van der Waals surface area contributed by atoms with Crippen LogP contribution in [-0.4, -0.2) is 9.55 Å². The van der Waals surface area contributed by atoms with Crippen molar-refractivity contribution in [2.24, 2.45) is 5.92 Å². The summed E-state index contributed by atoms with van der Waals surface area (Å²) >= 11 is 6.96. The smallest absolute Gasteiger partial charge is 0.263 e. The zero-order valence-corrected chi connectivity index (χ0v) is 12.2. The molecule has 0 spiro atoms. The fraction of sp³-hybridized carbons (Fsp3) is 0.538. The zero-order valence-electron chi connectivity index (χ0n) is 10.6. The van der Waals surface area contributed by atoms with E-state index in [1.807, 2.05) is 6.92 Å². The number of rotatable bonds is 1. The van der Waals surface area contributed by atoms with Gasteiger partial charge < -0.3 is 4.98 Å². The summed E-state index contributed by atoms with van der Waals surface area (Å²) in [4.78, 5) is 18.0. The maximum absolute atomic E-state index is 12.5. The first kappa shape index (κ1) is 12.1. The lowest BCUT2D eigenvalue weighted by atomic mass is 9.89. The molecule has 3 rings (SSSR count). The molecule has 3 nitrogen and oxygen atoms in total. The summed E-state index contributed by atoms with van der Waals surface area (Å²) < 4.78 is 2.20. The molecule has 0 fully saturated rings. The van der Waals surface area contributed by atoms with Gasteiger partial charge >= 0.3 is 0 Å². The van der Waals surface area contributed by atoms with E-state index in [-0.39, 0.29) is 5.56 Å². The van der Waals surface area contributed by atoms with E-state index in [9.17, 15) is 4.79 Å². The highest BCUT2D eigenvalue weighted by Gasteiger charge is 2.22. The van der Waals surface area contributed by atoms with Gasteiger partial charge in [-0.15, -0.1) is 11.3 Å². The molecule has 2 heterocycles. The Hall–Kier alpha value is -0.940. The van der Waals surface area contributed by atoms with Crippen LogP contribution in [0.1, 0.15) is 30.7 Å². The molecule has 1 atom stereocenters. The Balaban J connectivity index is 2.38. The minimum Gasteiger partial charge on any atom is -0.323 e. The Bertz CT molecular complexity index is 723. The normalized spacial score (nSPS) is 19.1. The Morgan fingerprint density at radius 1 is 1.56 bits per heavy atom. The van der Waals surface area contributed by atoms with E-state index in [1.165, 1.54) is 16.9 Å².